The standard InChI is InChI=1S/C21H28ClN3O3/c1-15-12-17(5-6-18(15)22)27-14-21(26)23-13-19(20-7-4-16(2)28-20)25-10-8-24(3)9-11-25/h4-7,12,19H,8-11,13-14H2,1-3H3,(H,23,26). The Morgan fingerprint density at radius 3 is 2.61 bits per heavy atom. The highest BCUT2D eigenvalue weighted by Gasteiger charge is 2.26. The Morgan fingerprint density at radius 1 is 1.21 bits per heavy atom. The average molecular weight is 406 g/mol. The molecule has 1 aliphatic rings. The number of carbonyl (C=O) groups excluding carboxylic acids is 1. The number of nitrogens with one attached hydrogen (secondary N) is 1. The first-order valence-electron chi connectivity index (χ1n) is 9.57. The van der Waals surface area contributed by atoms with E-state index in [0.29, 0.717) is 17.3 Å². The number of amides is 1. The van der Waals surface area contributed by atoms with Gasteiger partial charge in [0, 0.05) is 37.7 Å². The van der Waals surface area contributed by atoms with Crippen LogP contribution in [-0.2, 0) is 4.79 Å². The van der Waals surface area contributed by atoms with Crippen LogP contribution in [-0.4, -0.2) is 62.1 Å². The SMILES string of the molecule is Cc1ccc(C(CNC(=O)COc2ccc(Cl)c(C)c2)N2CCN(C)CC2)o1. The fourth-order valence-corrected chi connectivity index (χ4v) is 3.41. The maximum absolute atomic E-state index is 12.3. The number of hydrogen-bond donors (Lipinski definition) is 1. The zero-order chi connectivity index (χ0) is 20.1. The molecule has 2 aromatic rings. The van der Waals surface area contributed by atoms with E-state index in [4.69, 9.17) is 20.8 Å². The Morgan fingerprint density at radius 2 is 1.96 bits per heavy atom. The van der Waals surface area contributed by atoms with Crippen molar-refractivity contribution in [3.05, 3.63) is 52.4 Å². The Hall–Kier alpha value is -2.02. The molecule has 1 unspecified atom stereocenters. The molecular weight excluding hydrogens is 378 g/mol. The largest absolute Gasteiger partial charge is 0.484 e. The molecule has 0 spiro atoms. The van der Waals surface area contributed by atoms with Crippen molar-refractivity contribution in [3.63, 3.8) is 0 Å². The van der Waals surface area contributed by atoms with Crippen LogP contribution in [0.15, 0.2) is 34.7 Å². The van der Waals surface area contributed by atoms with Crippen LogP contribution in [0.25, 0.3) is 0 Å². The van der Waals surface area contributed by atoms with Crippen LogP contribution in [0.3, 0.4) is 0 Å². The summed E-state index contributed by atoms with van der Waals surface area (Å²) in [6.45, 7) is 8.18. The molecule has 3 rings (SSSR count). The first-order valence-corrected chi connectivity index (χ1v) is 9.95. The molecule has 1 fully saturated rings. The maximum Gasteiger partial charge on any atom is 0.258 e. The summed E-state index contributed by atoms with van der Waals surface area (Å²) in [7, 11) is 2.13. The van der Waals surface area contributed by atoms with Crippen molar-refractivity contribution in [2.75, 3.05) is 46.4 Å². The third-order valence-electron chi connectivity index (χ3n) is 5.06. The molecule has 7 heteroatoms. The molecule has 1 N–H and O–H groups in total. The lowest BCUT2D eigenvalue weighted by Crippen LogP contribution is -2.48. The van der Waals surface area contributed by atoms with E-state index in [1.165, 1.54) is 0 Å². The van der Waals surface area contributed by atoms with Gasteiger partial charge in [0.15, 0.2) is 6.61 Å². The molecule has 0 aliphatic carbocycles. The number of rotatable bonds is 7. The van der Waals surface area contributed by atoms with Crippen LogP contribution < -0.4 is 10.1 Å². The number of nitrogens with zero attached hydrogens (tertiary/aromatic N) is 2. The number of benzene rings is 1. The number of furan rings is 1. The Labute approximate surface area is 171 Å². The number of piperazine rings is 1. The predicted octanol–water partition coefficient (Wildman–Crippen LogP) is 3.03. The second-order valence-corrected chi connectivity index (χ2v) is 7.71. The van der Waals surface area contributed by atoms with Crippen molar-refractivity contribution in [3.8, 4) is 5.75 Å². The summed E-state index contributed by atoms with van der Waals surface area (Å²) in [6, 6.07) is 9.34. The van der Waals surface area contributed by atoms with Crippen LogP contribution in [0, 0.1) is 13.8 Å². The Bertz CT molecular complexity index is 800. The summed E-state index contributed by atoms with van der Waals surface area (Å²) < 4.78 is 11.5. The van der Waals surface area contributed by atoms with E-state index < -0.39 is 0 Å². The minimum atomic E-state index is -0.157. The van der Waals surface area contributed by atoms with E-state index in [-0.39, 0.29) is 18.6 Å². The summed E-state index contributed by atoms with van der Waals surface area (Å²) in [5.41, 5.74) is 0.919. The summed E-state index contributed by atoms with van der Waals surface area (Å²) in [6.07, 6.45) is 0. The number of aryl methyl sites for hydroxylation is 2. The minimum absolute atomic E-state index is 0.0177. The molecular formula is C21H28ClN3O3. The highest BCUT2D eigenvalue weighted by atomic mass is 35.5. The lowest BCUT2D eigenvalue weighted by atomic mass is 10.1. The number of ether oxygens (including phenoxy) is 1. The maximum atomic E-state index is 12.3. The Kier molecular flexibility index (Phi) is 6.99. The summed E-state index contributed by atoms with van der Waals surface area (Å²) >= 11 is 6.02. The zero-order valence-electron chi connectivity index (χ0n) is 16.7. The summed E-state index contributed by atoms with van der Waals surface area (Å²) in [5, 5.41) is 3.67. The third-order valence-corrected chi connectivity index (χ3v) is 5.48. The highest BCUT2D eigenvalue weighted by molar-refractivity contribution is 6.31. The van der Waals surface area contributed by atoms with Crippen molar-refractivity contribution in [2.24, 2.45) is 0 Å². The van der Waals surface area contributed by atoms with E-state index in [0.717, 1.165) is 43.3 Å². The fourth-order valence-electron chi connectivity index (χ4n) is 3.29. The van der Waals surface area contributed by atoms with Crippen LogP contribution in [0.5, 0.6) is 5.75 Å². The van der Waals surface area contributed by atoms with Gasteiger partial charge < -0.3 is 19.4 Å². The van der Waals surface area contributed by atoms with Crippen molar-refractivity contribution >= 4 is 17.5 Å². The van der Waals surface area contributed by atoms with Gasteiger partial charge >= 0.3 is 0 Å². The monoisotopic (exact) mass is 405 g/mol. The fraction of sp³-hybridized carbons (Fsp3) is 0.476. The number of halogens is 1. The van der Waals surface area contributed by atoms with Crippen LogP contribution in [0.2, 0.25) is 5.02 Å². The summed E-state index contributed by atoms with van der Waals surface area (Å²) in [4.78, 5) is 17.0. The molecule has 0 bridgehead atoms. The van der Waals surface area contributed by atoms with Gasteiger partial charge in [-0.05, 0) is 56.8 Å². The highest BCUT2D eigenvalue weighted by Crippen LogP contribution is 2.24. The molecule has 28 heavy (non-hydrogen) atoms. The van der Waals surface area contributed by atoms with Crippen molar-refractivity contribution < 1.29 is 13.9 Å². The van der Waals surface area contributed by atoms with E-state index in [2.05, 4.69) is 22.2 Å². The molecule has 152 valence electrons. The first-order chi connectivity index (χ1) is 13.4. The van der Waals surface area contributed by atoms with Gasteiger partial charge in [-0.25, -0.2) is 0 Å². The average Bonchev–Trinajstić information content (AvgIpc) is 3.10. The van der Waals surface area contributed by atoms with Crippen LogP contribution in [0.1, 0.15) is 23.1 Å². The van der Waals surface area contributed by atoms with Gasteiger partial charge in [0.2, 0.25) is 0 Å². The lowest BCUT2D eigenvalue weighted by molar-refractivity contribution is -0.123. The number of carbonyl (C=O) groups is 1. The molecule has 1 aliphatic heterocycles. The normalized spacial score (nSPS) is 16.7. The summed E-state index contributed by atoms with van der Waals surface area (Å²) in [5.74, 6) is 2.24. The van der Waals surface area contributed by atoms with Gasteiger partial charge in [0.1, 0.15) is 17.3 Å². The van der Waals surface area contributed by atoms with Gasteiger partial charge in [-0.2, -0.15) is 0 Å². The van der Waals surface area contributed by atoms with Crippen molar-refractivity contribution in [1.29, 1.82) is 0 Å². The predicted molar refractivity (Wildman–Crippen MR) is 110 cm³/mol. The molecule has 0 radical (unpaired) electrons. The molecule has 1 amide bonds. The van der Waals surface area contributed by atoms with Gasteiger partial charge in [0.25, 0.3) is 5.91 Å². The van der Waals surface area contributed by atoms with E-state index in [9.17, 15) is 4.79 Å². The van der Waals surface area contributed by atoms with Gasteiger partial charge in [0.05, 0.1) is 6.04 Å². The topological polar surface area (TPSA) is 58.0 Å². The molecule has 6 nitrogen and oxygen atoms in total. The number of likely N-dealkylation sites (N-methyl/N-ethyl adjacent to an activating group) is 1. The molecule has 1 aromatic heterocycles. The van der Waals surface area contributed by atoms with Gasteiger partial charge in [-0.1, -0.05) is 11.6 Å². The Balaban J connectivity index is 1.56. The van der Waals surface area contributed by atoms with Crippen molar-refractivity contribution in [2.45, 2.75) is 19.9 Å². The smallest absolute Gasteiger partial charge is 0.258 e. The second kappa shape index (κ2) is 9.45. The third kappa shape index (κ3) is 5.50. The minimum Gasteiger partial charge on any atom is -0.484 e. The molecule has 1 atom stereocenters. The zero-order valence-corrected chi connectivity index (χ0v) is 17.5. The van der Waals surface area contributed by atoms with Gasteiger partial charge in [-0.15, -0.1) is 0 Å². The second-order valence-electron chi connectivity index (χ2n) is 7.31. The van der Waals surface area contributed by atoms with E-state index >= 15 is 0 Å². The van der Waals surface area contributed by atoms with Crippen LogP contribution >= 0.6 is 11.6 Å². The van der Waals surface area contributed by atoms with Crippen LogP contribution in [0.4, 0.5) is 0 Å². The van der Waals surface area contributed by atoms with E-state index in [1.807, 2.05) is 32.0 Å². The lowest BCUT2D eigenvalue weighted by Gasteiger charge is -2.37. The first kappa shape index (κ1) is 20.7. The molecule has 1 aromatic carbocycles. The molecule has 1 saturated heterocycles. The van der Waals surface area contributed by atoms with Gasteiger partial charge in [-0.3, -0.25) is 9.69 Å². The quantitative estimate of drug-likeness (QED) is 0.767. The van der Waals surface area contributed by atoms with E-state index in [1.54, 1.807) is 12.1 Å². The van der Waals surface area contributed by atoms with Crippen molar-refractivity contribution in [1.82, 2.24) is 15.1 Å². The number of hydrogen-bond acceptors (Lipinski definition) is 5. The molecule has 0 saturated carbocycles. The molecule has 2 heterocycles.